The third-order valence-corrected chi connectivity index (χ3v) is 6.19. The van der Waals surface area contributed by atoms with Crippen LogP contribution < -0.4 is 4.74 Å². The van der Waals surface area contributed by atoms with Crippen molar-refractivity contribution in [1.82, 2.24) is 14.7 Å². The molecule has 4 rings (SSSR count). The number of halogens is 1. The molecule has 7 heteroatoms. The molecule has 2 aromatic rings. The van der Waals surface area contributed by atoms with Crippen molar-refractivity contribution >= 4 is 23.4 Å². The van der Waals surface area contributed by atoms with Crippen LogP contribution in [-0.4, -0.2) is 72.4 Å². The van der Waals surface area contributed by atoms with Crippen LogP contribution in [0.2, 0.25) is 5.02 Å². The van der Waals surface area contributed by atoms with E-state index in [2.05, 4.69) is 4.90 Å². The summed E-state index contributed by atoms with van der Waals surface area (Å²) < 4.78 is 5.78. The number of likely N-dealkylation sites (tertiary alicyclic amines) is 1. The van der Waals surface area contributed by atoms with Crippen LogP contribution in [0.3, 0.4) is 0 Å². The molecule has 2 aliphatic rings. The summed E-state index contributed by atoms with van der Waals surface area (Å²) in [5.74, 6) is 0.960. The zero-order valence-electron chi connectivity index (χ0n) is 17.6. The number of carbonyl (C=O) groups excluding carboxylic acids is 2. The van der Waals surface area contributed by atoms with E-state index < -0.39 is 0 Å². The minimum absolute atomic E-state index is 0.0570. The van der Waals surface area contributed by atoms with E-state index >= 15 is 0 Å². The largest absolute Gasteiger partial charge is 0.491 e. The Morgan fingerprint density at radius 3 is 2.55 bits per heavy atom. The molecule has 2 aliphatic heterocycles. The van der Waals surface area contributed by atoms with Crippen LogP contribution in [0.1, 0.15) is 28.8 Å². The smallest absolute Gasteiger partial charge is 0.253 e. The molecular weight excluding hydrogens is 414 g/mol. The highest BCUT2D eigenvalue weighted by Crippen LogP contribution is 2.23. The normalized spacial score (nSPS) is 17.3. The van der Waals surface area contributed by atoms with Gasteiger partial charge in [-0.3, -0.25) is 14.5 Å². The summed E-state index contributed by atoms with van der Waals surface area (Å²) in [7, 11) is 0. The van der Waals surface area contributed by atoms with Crippen molar-refractivity contribution in [3.05, 3.63) is 64.7 Å². The van der Waals surface area contributed by atoms with Gasteiger partial charge in [-0.05, 0) is 36.2 Å². The Balaban J connectivity index is 1.25. The highest BCUT2D eigenvalue weighted by atomic mass is 35.5. The zero-order chi connectivity index (χ0) is 21.6. The van der Waals surface area contributed by atoms with Crippen molar-refractivity contribution in [3.63, 3.8) is 0 Å². The van der Waals surface area contributed by atoms with Gasteiger partial charge in [-0.15, -0.1) is 0 Å². The van der Waals surface area contributed by atoms with Gasteiger partial charge in [0.25, 0.3) is 5.91 Å². The molecule has 0 N–H and O–H groups in total. The zero-order valence-corrected chi connectivity index (χ0v) is 18.4. The molecular formula is C24H28ClN3O3. The third kappa shape index (κ3) is 5.57. The maximum Gasteiger partial charge on any atom is 0.253 e. The van der Waals surface area contributed by atoms with Gasteiger partial charge < -0.3 is 14.5 Å². The summed E-state index contributed by atoms with van der Waals surface area (Å²) in [6, 6.07) is 15.2. The van der Waals surface area contributed by atoms with Crippen LogP contribution in [0.15, 0.2) is 48.5 Å². The van der Waals surface area contributed by atoms with Crippen molar-refractivity contribution in [2.75, 3.05) is 45.9 Å². The summed E-state index contributed by atoms with van der Waals surface area (Å²) in [5.41, 5.74) is 1.70. The van der Waals surface area contributed by atoms with E-state index in [4.69, 9.17) is 16.3 Å². The highest BCUT2D eigenvalue weighted by molar-refractivity contribution is 6.32. The predicted molar refractivity (Wildman–Crippen MR) is 120 cm³/mol. The highest BCUT2D eigenvalue weighted by Gasteiger charge is 2.23. The van der Waals surface area contributed by atoms with Gasteiger partial charge in [-0.2, -0.15) is 0 Å². The molecule has 164 valence electrons. The van der Waals surface area contributed by atoms with E-state index in [1.807, 2.05) is 58.3 Å². The molecule has 0 saturated carbocycles. The van der Waals surface area contributed by atoms with Gasteiger partial charge in [0.2, 0.25) is 5.91 Å². The van der Waals surface area contributed by atoms with E-state index in [-0.39, 0.29) is 11.8 Å². The monoisotopic (exact) mass is 441 g/mol. The van der Waals surface area contributed by atoms with Crippen LogP contribution in [-0.2, 0) is 11.3 Å². The van der Waals surface area contributed by atoms with E-state index in [0.29, 0.717) is 49.0 Å². The first-order chi connectivity index (χ1) is 15.1. The molecule has 2 saturated heterocycles. The average molecular weight is 442 g/mol. The molecule has 2 amide bonds. The van der Waals surface area contributed by atoms with Crippen LogP contribution in [0.5, 0.6) is 5.75 Å². The number of carbonyl (C=O) groups is 2. The molecule has 0 atom stereocenters. The van der Waals surface area contributed by atoms with E-state index in [1.165, 1.54) is 0 Å². The summed E-state index contributed by atoms with van der Waals surface area (Å²) in [6.45, 7) is 5.78. The van der Waals surface area contributed by atoms with Gasteiger partial charge in [0.1, 0.15) is 12.4 Å². The molecule has 0 unspecified atom stereocenters. The van der Waals surface area contributed by atoms with Crippen LogP contribution in [0.25, 0.3) is 0 Å². The lowest BCUT2D eigenvalue weighted by atomic mass is 10.1. The molecule has 2 aromatic carbocycles. The molecule has 0 spiro atoms. The molecule has 0 radical (unpaired) electrons. The minimum atomic E-state index is 0.0570. The number of amides is 2. The molecule has 0 aliphatic carbocycles. The average Bonchev–Trinajstić information content (AvgIpc) is 3.19. The van der Waals surface area contributed by atoms with Gasteiger partial charge in [0.05, 0.1) is 5.02 Å². The van der Waals surface area contributed by atoms with Gasteiger partial charge in [0, 0.05) is 57.8 Å². The fourth-order valence-corrected chi connectivity index (χ4v) is 4.29. The van der Waals surface area contributed by atoms with E-state index in [1.54, 1.807) is 0 Å². The SMILES string of the molecule is O=C1CCCN1Cc1cccc(C(=O)N2CCN(CCOc3ccccc3Cl)CC2)c1. The van der Waals surface area contributed by atoms with Gasteiger partial charge in [-0.25, -0.2) is 0 Å². The first-order valence-corrected chi connectivity index (χ1v) is 11.2. The fraction of sp³-hybridized carbons (Fsp3) is 0.417. The maximum absolute atomic E-state index is 13.0. The minimum Gasteiger partial charge on any atom is -0.491 e. The predicted octanol–water partition coefficient (Wildman–Crippen LogP) is 3.30. The number of nitrogens with zero attached hydrogens (tertiary/aromatic N) is 3. The summed E-state index contributed by atoms with van der Waals surface area (Å²) >= 11 is 6.12. The number of hydrogen-bond donors (Lipinski definition) is 0. The van der Waals surface area contributed by atoms with E-state index in [0.717, 1.165) is 38.2 Å². The second-order valence-electron chi connectivity index (χ2n) is 8.03. The van der Waals surface area contributed by atoms with E-state index in [9.17, 15) is 9.59 Å². The summed E-state index contributed by atoms with van der Waals surface area (Å²) in [6.07, 6.45) is 1.55. The Bertz CT molecular complexity index is 928. The first-order valence-electron chi connectivity index (χ1n) is 10.9. The Kier molecular flexibility index (Phi) is 7.10. The van der Waals surface area contributed by atoms with Crippen LogP contribution in [0, 0.1) is 0 Å². The molecule has 0 aromatic heterocycles. The lowest BCUT2D eigenvalue weighted by molar-refractivity contribution is -0.128. The summed E-state index contributed by atoms with van der Waals surface area (Å²) in [4.78, 5) is 30.9. The maximum atomic E-state index is 13.0. The van der Waals surface area contributed by atoms with Crippen LogP contribution in [0.4, 0.5) is 0 Å². The number of para-hydroxylation sites is 1. The van der Waals surface area contributed by atoms with Crippen LogP contribution >= 0.6 is 11.6 Å². The lowest BCUT2D eigenvalue weighted by Crippen LogP contribution is -2.49. The fourth-order valence-electron chi connectivity index (χ4n) is 4.10. The Morgan fingerprint density at radius 1 is 1.00 bits per heavy atom. The van der Waals surface area contributed by atoms with Gasteiger partial charge in [0.15, 0.2) is 0 Å². The molecule has 6 nitrogen and oxygen atoms in total. The van der Waals surface area contributed by atoms with Crippen molar-refractivity contribution in [1.29, 1.82) is 0 Å². The van der Waals surface area contributed by atoms with Crippen molar-refractivity contribution in [2.24, 2.45) is 0 Å². The Hall–Kier alpha value is -2.57. The Morgan fingerprint density at radius 2 is 1.81 bits per heavy atom. The van der Waals surface area contributed by atoms with Gasteiger partial charge >= 0.3 is 0 Å². The van der Waals surface area contributed by atoms with Crippen molar-refractivity contribution < 1.29 is 14.3 Å². The third-order valence-electron chi connectivity index (χ3n) is 5.88. The van der Waals surface area contributed by atoms with Gasteiger partial charge in [-0.1, -0.05) is 35.9 Å². The number of ether oxygens (including phenoxy) is 1. The number of benzene rings is 2. The molecule has 0 bridgehead atoms. The quantitative estimate of drug-likeness (QED) is 0.661. The summed E-state index contributed by atoms with van der Waals surface area (Å²) in [5, 5.41) is 0.620. The lowest BCUT2D eigenvalue weighted by Gasteiger charge is -2.34. The number of piperazine rings is 1. The Labute approximate surface area is 188 Å². The standard InChI is InChI=1S/C24H28ClN3O3/c25-21-7-1-2-8-22(21)31-16-15-26-11-13-27(14-12-26)24(30)20-6-3-5-19(17-20)18-28-10-4-9-23(28)29/h1-3,5-8,17H,4,9-16,18H2. The van der Waals surface area contributed by atoms with Crippen molar-refractivity contribution in [3.8, 4) is 5.75 Å². The second-order valence-corrected chi connectivity index (χ2v) is 8.44. The number of rotatable bonds is 7. The topological polar surface area (TPSA) is 53.1 Å². The van der Waals surface area contributed by atoms with Crippen molar-refractivity contribution in [2.45, 2.75) is 19.4 Å². The number of hydrogen-bond acceptors (Lipinski definition) is 4. The molecule has 2 heterocycles. The second kappa shape index (κ2) is 10.2. The first kappa shape index (κ1) is 21.7. The molecule has 31 heavy (non-hydrogen) atoms. The molecule has 2 fully saturated rings.